The van der Waals surface area contributed by atoms with E-state index in [1.807, 2.05) is 26.8 Å². The van der Waals surface area contributed by atoms with E-state index in [1.54, 1.807) is 12.1 Å². The first-order valence-corrected chi connectivity index (χ1v) is 9.45. The van der Waals surface area contributed by atoms with Gasteiger partial charge < -0.3 is 4.74 Å². The molecule has 1 aromatic heterocycles. The van der Waals surface area contributed by atoms with Gasteiger partial charge in [0.2, 0.25) is 0 Å². The Hall–Kier alpha value is -1.98. The number of carbonyl (C=O) groups excluding carboxylic acids is 3. The second-order valence-corrected chi connectivity index (χ2v) is 7.95. The van der Waals surface area contributed by atoms with Crippen LogP contribution in [0.4, 0.5) is 0 Å². The summed E-state index contributed by atoms with van der Waals surface area (Å²) in [5, 5.41) is 0. The molecule has 26 heavy (non-hydrogen) atoms. The van der Waals surface area contributed by atoms with Crippen molar-refractivity contribution in [3.63, 3.8) is 0 Å². The molecule has 0 N–H and O–H groups in total. The van der Waals surface area contributed by atoms with Crippen LogP contribution in [0.1, 0.15) is 62.0 Å². The predicted octanol–water partition coefficient (Wildman–Crippen LogP) is 5.24. The topological polar surface area (TPSA) is 60.4 Å². The van der Waals surface area contributed by atoms with E-state index in [0.29, 0.717) is 14.8 Å². The Morgan fingerprint density at radius 1 is 1.08 bits per heavy atom. The van der Waals surface area contributed by atoms with Gasteiger partial charge >= 0.3 is 5.97 Å². The summed E-state index contributed by atoms with van der Waals surface area (Å²) in [5.74, 6) is -0.571. The summed E-state index contributed by atoms with van der Waals surface area (Å²) in [6.45, 7) is 7.31. The first-order valence-electron chi connectivity index (χ1n) is 8.25. The molecule has 0 bridgehead atoms. The van der Waals surface area contributed by atoms with E-state index >= 15 is 0 Å². The van der Waals surface area contributed by atoms with E-state index in [4.69, 9.17) is 16.3 Å². The number of rotatable bonds is 7. The minimum Gasteiger partial charge on any atom is -0.461 e. The normalized spacial score (nSPS) is 10.7. The molecule has 1 aromatic carbocycles. The number of carbonyl (C=O) groups is 3. The molecule has 0 radical (unpaired) electrons. The smallest absolute Gasteiger partial charge is 0.306 e. The van der Waals surface area contributed by atoms with Gasteiger partial charge in [0.05, 0.1) is 15.6 Å². The fourth-order valence-corrected chi connectivity index (χ4v) is 4.03. The summed E-state index contributed by atoms with van der Waals surface area (Å²) < 4.78 is 5.87. The number of thiophene rings is 1. The van der Waals surface area contributed by atoms with Crippen LogP contribution in [0, 0.1) is 20.8 Å². The van der Waals surface area contributed by atoms with E-state index in [9.17, 15) is 14.4 Å². The molecule has 2 aromatic rings. The van der Waals surface area contributed by atoms with Crippen LogP contribution in [-0.2, 0) is 16.1 Å². The SMILES string of the molecule is CC(=O)c1c(C)cc(C)c(COC(=O)CCC(=O)c2ccc(Cl)s2)c1C. The molecule has 138 valence electrons. The number of halogens is 1. The van der Waals surface area contributed by atoms with Crippen molar-refractivity contribution in [2.45, 2.75) is 47.1 Å². The number of hydrogen-bond acceptors (Lipinski definition) is 5. The number of esters is 1. The van der Waals surface area contributed by atoms with E-state index in [0.717, 1.165) is 22.3 Å². The Balaban J connectivity index is 1.98. The zero-order valence-electron chi connectivity index (χ0n) is 15.3. The van der Waals surface area contributed by atoms with Crippen molar-refractivity contribution in [2.24, 2.45) is 0 Å². The summed E-state index contributed by atoms with van der Waals surface area (Å²) in [5.41, 5.74) is 4.24. The summed E-state index contributed by atoms with van der Waals surface area (Å²) >= 11 is 7.01. The first-order chi connectivity index (χ1) is 12.2. The number of Topliss-reactive ketones (excluding diaryl/α,β-unsaturated/α-hetero) is 2. The minimum atomic E-state index is -0.440. The number of ether oxygens (including phenoxy) is 1. The van der Waals surface area contributed by atoms with Gasteiger partial charge in [0.25, 0.3) is 0 Å². The Morgan fingerprint density at radius 2 is 1.77 bits per heavy atom. The molecule has 0 fully saturated rings. The Labute approximate surface area is 162 Å². The predicted molar refractivity (Wildman–Crippen MR) is 103 cm³/mol. The molecule has 0 aliphatic rings. The molecule has 0 spiro atoms. The van der Waals surface area contributed by atoms with Crippen LogP contribution < -0.4 is 0 Å². The molecular weight excluding hydrogens is 372 g/mol. The molecule has 0 amide bonds. The lowest BCUT2D eigenvalue weighted by atomic mass is 9.92. The van der Waals surface area contributed by atoms with Gasteiger partial charge in [0, 0.05) is 12.0 Å². The average Bonchev–Trinajstić information content (AvgIpc) is 2.98. The van der Waals surface area contributed by atoms with Gasteiger partial charge in [-0.1, -0.05) is 17.7 Å². The van der Waals surface area contributed by atoms with Crippen LogP contribution in [0.25, 0.3) is 0 Å². The lowest BCUT2D eigenvalue weighted by Gasteiger charge is -2.16. The summed E-state index contributed by atoms with van der Waals surface area (Å²) in [7, 11) is 0. The van der Waals surface area contributed by atoms with Crippen molar-refractivity contribution in [1.29, 1.82) is 0 Å². The van der Waals surface area contributed by atoms with E-state index < -0.39 is 5.97 Å². The maximum Gasteiger partial charge on any atom is 0.306 e. The van der Waals surface area contributed by atoms with Crippen molar-refractivity contribution < 1.29 is 19.1 Å². The highest BCUT2D eigenvalue weighted by molar-refractivity contribution is 7.18. The highest BCUT2D eigenvalue weighted by Gasteiger charge is 2.16. The fraction of sp³-hybridized carbons (Fsp3) is 0.350. The van der Waals surface area contributed by atoms with Crippen LogP contribution >= 0.6 is 22.9 Å². The molecule has 0 aliphatic carbocycles. The van der Waals surface area contributed by atoms with Crippen molar-refractivity contribution in [2.75, 3.05) is 0 Å². The van der Waals surface area contributed by atoms with E-state index in [2.05, 4.69) is 0 Å². The summed E-state index contributed by atoms with van der Waals surface area (Å²) in [4.78, 5) is 36.4. The third-order valence-corrected chi connectivity index (χ3v) is 5.54. The van der Waals surface area contributed by atoms with E-state index in [-0.39, 0.29) is 31.0 Å². The molecule has 4 nitrogen and oxygen atoms in total. The largest absolute Gasteiger partial charge is 0.461 e. The first kappa shape index (κ1) is 20.3. The Kier molecular flexibility index (Phi) is 6.73. The minimum absolute atomic E-state index is 0.00668. The van der Waals surface area contributed by atoms with Crippen molar-refractivity contribution >= 4 is 40.5 Å². The van der Waals surface area contributed by atoms with E-state index in [1.165, 1.54) is 18.3 Å². The molecule has 0 saturated heterocycles. The second kappa shape index (κ2) is 8.60. The van der Waals surface area contributed by atoms with Gasteiger partial charge in [0.15, 0.2) is 11.6 Å². The van der Waals surface area contributed by atoms with Crippen molar-refractivity contribution in [3.8, 4) is 0 Å². The number of hydrogen-bond donors (Lipinski definition) is 0. The third kappa shape index (κ3) is 4.80. The van der Waals surface area contributed by atoms with Crippen LogP contribution in [0.2, 0.25) is 4.34 Å². The number of benzene rings is 1. The number of aryl methyl sites for hydroxylation is 2. The molecule has 1 heterocycles. The zero-order chi connectivity index (χ0) is 19.4. The molecule has 2 rings (SSSR count). The molecule has 0 aliphatic heterocycles. The van der Waals surface area contributed by atoms with Gasteiger partial charge in [-0.3, -0.25) is 14.4 Å². The van der Waals surface area contributed by atoms with Gasteiger partial charge in [-0.25, -0.2) is 0 Å². The van der Waals surface area contributed by atoms with Crippen LogP contribution in [0.5, 0.6) is 0 Å². The molecular formula is C20H21ClO4S. The van der Waals surface area contributed by atoms with Gasteiger partial charge in [-0.2, -0.15) is 0 Å². The van der Waals surface area contributed by atoms with Crippen molar-refractivity contribution in [1.82, 2.24) is 0 Å². The van der Waals surface area contributed by atoms with Crippen LogP contribution in [0.15, 0.2) is 18.2 Å². The summed E-state index contributed by atoms with van der Waals surface area (Å²) in [6.07, 6.45) is 0.0953. The quantitative estimate of drug-likeness (QED) is 0.477. The summed E-state index contributed by atoms with van der Waals surface area (Å²) in [6, 6.07) is 5.24. The Bertz CT molecular complexity index is 867. The average molecular weight is 393 g/mol. The molecule has 0 saturated carbocycles. The zero-order valence-corrected chi connectivity index (χ0v) is 16.8. The van der Waals surface area contributed by atoms with Crippen LogP contribution in [-0.4, -0.2) is 17.5 Å². The fourth-order valence-electron chi connectivity index (χ4n) is 3.02. The third-order valence-electron chi connectivity index (χ3n) is 4.26. The van der Waals surface area contributed by atoms with Gasteiger partial charge in [0.1, 0.15) is 6.61 Å². The maximum atomic E-state index is 12.0. The van der Waals surface area contributed by atoms with Crippen LogP contribution in [0.3, 0.4) is 0 Å². The number of ketones is 2. The lowest BCUT2D eigenvalue weighted by molar-refractivity contribution is -0.144. The van der Waals surface area contributed by atoms with Gasteiger partial charge in [-0.15, -0.1) is 11.3 Å². The highest BCUT2D eigenvalue weighted by atomic mass is 35.5. The van der Waals surface area contributed by atoms with Crippen molar-refractivity contribution in [3.05, 3.63) is 55.2 Å². The lowest BCUT2D eigenvalue weighted by Crippen LogP contribution is -2.11. The molecule has 0 atom stereocenters. The second-order valence-electron chi connectivity index (χ2n) is 6.23. The molecule has 6 heteroatoms. The highest BCUT2D eigenvalue weighted by Crippen LogP contribution is 2.25. The molecule has 0 unspecified atom stereocenters. The maximum absolute atomic E-state index is 12.0. The monoisotopic (exact) mass is 392 g/mol. The van der Waals surface area contributed by atoms with Gasteiger partial charge in [-0.05, 0) is 62.1 Å². The Morgan fingerprint density at radius 3 is 2.35 bits per heavy atom. The standard InChI is InChI=1S/C20H21ClO4S/c1-11-9-12(2)20(14(4)22)13(3)15(11)10-25-19(24)8-5-16(23)17-6-7-18(21)26-17/h6-7,9H,5,8,10H2,1-4H3.